The van der Waals surface area contributed by atoms with Crippen LogP contribution in [0, 0.1) is 0 Å². The minimum Gasteiger partial charge on any atom is -0.342 e. The molecule has 1 aromatic rings. The molecular formula is C14H17N3O3S. The van der Waals surface area contributed by atoms with Crippen molar-refractivity contribution < 1.29 is 14.4 Å². The second-order valence-electron chi connectivity index (χ2n) is 5.34. The van der Waals surface area contributed by atoms with Crippen LogP contribution in [0.3, 0.4) is 0 Å². The maximum Gasteiger partial charge on any atom is 0.324 e. The first-order valence-electron chi connectivity index (χ1n) is 7.04. The summed E-state index contributed by atoms with van der Waals surface area (Å²) in [6, 6.07) is 1.58. The van der Waals surface area contributed by atoms with Crippen molar-refractivity contribution in [2.45, 2.75) is 25.3 Å². The molecule has 0 radical (unpaired) electrons. The number of urea groups is 1. The number of hydrogen-bond acceptors (Lipinski definition) is 4. The van der Waals surface area contributed by atoms with Crippen molar-refractivity contribution in [1.82, 2.24) is 15.1 Å². The largest absolute Gasteiger partial charge is 0.342 e. The molecule has 0 atom stereocenters. The lowest BCUT2D eigenvalue weighted by Gasteiger charge is -2.35. The molecule has 1 N–H and O–H groups in total. The summed E-state index contributed by atoms with van der Waals surface area (Å²) < 4.78 is 0. The third-order valence-electron chi connectivity index (χ3n) is 4.00. The molecule has 0 spiro atoms. The summed E-state index contributed by atoms with van der Waals surface area (Å²) in [5, 5.41) is 6.49. The highest BCUT2D eigenvalue weighted by molar-refractivity contribution is 7.08. The van der Waals surface area contributed by atoms with Crippen LogP contribution in [0.4, 0.5) is 4.79 Å². The van der Waals surface area contributed by atoms with Crippen LogP contribution in [0.2, 0.25) is 0 Å². The molecule has 2 fully saturated rings. The van der Waals surface area contributed by atoms with Crippen LogP contribution in [0.1, 0.15) is 18.4 Å². The number of nitrogens with zero attached hydrogens (tertiary/aromatic N) is 2. The van der Waals surface area contributed by atoms with Gasteiger partial charge in [-0.05, 0) is 35.2 Å². The van der Waals surface area contributed by atoms with Crippen LogP contribution in [-0.4, -0.2) is 53.3 Å². The lowest BCUT2D eigenvalue weighted by Crippen LogP contribution is -2.49. The monoisotopic (exact) mass is 307 g/mol. The maximum atomic E-state index is 12.2. The zero-order valence-corrected chi connectivity index (χ0v) is 12.4. The highest BCUT2D eigenvalue weighted by Gasteiger charge is 2.37. The van der Waals surface area contributed by atoms with Crippen LogP contribution >= 0.6 is 11.3 Å². The van der Waals surface area contributed by atoms with Gasteiger partial charge in [-0.2, -0.15) is 11.3 Å². The Morgan fingerprint density at radius 1 is 1.33 bits per heavy atom. The van der Waals surface area contributed by atoms with E-state index in [1.54, 1.807) is 11.3 Å². The number of likely N-dealkylation sites (tertiary alicyclic amines) is 1. The van der Waals surface area contributed by atoms with E-state index in [2.05, 4.69) is 5.32 Å². The molecule has 0 saturated carbocycles. The molecule has 0 unspecified atom stereocenters. The van der Waals surface area contributed by atoms with Crippen molar-refractivity contribution in [3.8, 4) is 0 Å². The van der Waals surface area contributed by atoms with E-state index in [4.69, 9.17) is 0 Å². The third-order valence-corrected chi connectivity index (χ3v) is 4.73. The molecule has 7 heteroatoms. The third kappa shape index (κ3) is 2.92. The molecular weight excluding hydrogens is 290 g/mol. The van der Waals surface area contributed by atoms with E-state index in [0.29, 0.717) is 32.4 Å². The number of thiophene rings is 1. The van der Waals surface area contributed by atoms with Gasteiger partial charge in [0.1, 0.15) is 0 Å². The van der Waals surface area contributed by atoms with Crippen LogP contribution in [0.15, 0.2) is 16.8 Å². The lowest BCUT2D eigenvalue weighted by atomic mass is 10.0. The summed E-state index contributed by atoms with van der Waals surface area (Å²) in [7, 11) is 0. The maximum absolute atomic E-state index is 12.2. The molecule has 0 aromatic carbocycles. The summed E-state index contributed by atoms with van der Waals surface area (Å²) in [6.45, 7) is 1.30. The van der Waals surface area contributed by atoms with Gasteiger partial charge in [0.25, 0.3) is 0 Å². The van der Waals surface area contributed by atoms with Gasteiger partial charge in [-0.3, -0.25) is 14.5 Å². The number of nitrogens with one attached hydrogen (secondary N) is 1. The second-order valence-corrected chi connectivity index (χ2v) is 6.12. The zero-order chi connectivity index (χ0) is 14.8. The molecule has 4 amide bonds. The highest BCUT2D eigenvalue weighted by atomic mass is 32.1. The van der Waals surface area contributed by atoms with E-state index in [-0.39, 0.29) is 30.4 Å². The Morgan fingerprint density at radius 3 is 2.67 bits per heavy atom. The van der Waals surface area contributed by atoms with Crippen LogP contribution < -0.4 is 5.32 Å². The topological polar surface area (TPSA) is 69.7 Å². The Kier molecular flexibility index (Phi) is 3.92. The molecule has 1 aromatic heterocycles. The minimum atomic E-state index is -0.303. The lowest BCUT2D eigenvalue weighted by molar-refractivity contribution is -0.132. The van der Waals surface area contributed by atoms with Crippen LogP contribution in [-0.2, 0) is 16.0 Å². The first-order chi connectivity index (χ1) is 10.1. The summed E-state index contributed by atoms with van der Waals surface area (Å²) in [5.41, 5.74) is 1.04. The van der Waals surface area contributed by atoms with Gasteiger partial charge in [-0.15, -0.1) is 0 Å². The van der Waals surface area contributed by atoms with E-state index in [9.17, 15) is 14.4 Å². The summed E-state index contributed by atoms with van der Waals surface area (Å²) in [5.74, 6) is -0.0490. The Bertz CT molecular complexity index is 534. The molecule has 21 heavy (non-hydrogen) atoms. The van der Waals surface area contributed by atoms with Crippen molar-refractivity contribution in [3.05, 3.63) is 22.4 Å². The van der Waals surface area contributed by atoms with Gasteiger partial charge < -0.3 is 10.2 Å². The van der Waals surface area contributed by atoms with Gasteiger partial charge >= 0.3 is 6.03 Å². The van der Waals surface area contributed by atoms with E-state index in [1.165, 1.54) is 4.90 Å². The van der Waals surface area contributed by atoms with Crippen molar-refractivity contribution in [2.75, 3.05) is 19.6 Å². The van der Waals surface area contributed by atoms with E-state index < -0.39 is 0 Å². The van der Waals surface area contributed by atoms with E-state index in [0.717, 1.165) is 5.56 Å². The minimum absolute atomic E-state index is 0.0785. The molecule has 2 saturated heterocycles. The Morgan fingerprint density at radius 2 is 2.10 bits per heavy atom. The average Bonchev–Trinajstić information content (AvgIpc) is 3.09. The first kappa shape index (κ1) is 14.1. The fourth-order valence-electron chi connectivity index (χ4n) is 2.86. The molecule has 3 heterocycles. The Balaban J connectivity index is 1.54. The predicted molar refractivity (Wildman–Crippen MR) is 77.9 cm³/mol. The number of carbonyl (C=O) groups excluding carboxylic acids is 3. The van der Waals surface area contributed by atoms with Crippen LogP contribution in [0.25, 0.3) is 0 Å². The Hall–Kier alpha value is -1.89. The number of imide groups is 1. The average molecular weight is 307 g/mol. The summed E-state index contributed by atoms with van der Waals surface area (Å²) in [6.07, 6.45) is 1.75. The van der Waals surface area contributed by atoms with E-state index in [1.807, 2.05) is 21.7 Å². The van der Waals surface area contributed by atoms with E-state index >= 15 is 0 Å². The van der Waals surface area contributed by atoms with Gasteiger partial charge in [0.15, 0.2) is 0 Å². The first-order valence-corrected chi connectivity index (χ1v) is 7.98. The normalized spacial score (nSPS) is 20.0. The molecule has 0 aliphatic carbocycles. The number of rotatable bonds is 3. The van der Waals surface area contributed by atoms with Gasteiger partial charge in [0.05, 0.1) is 13.0 Å². The van der Waals surface area contributed by atoms with Crippen molar-refractivity contribution >= 4 is 29.2 Å². The fourth-order valence-corrected chi connectivity index (χ4v) is 3.53. The summed E-state index contributed by atoms with van der Waals surface area (Å²) >= 11 is 1.59. The smallest absolute Gasteiger partial charge is 0.324 e. The summed E-state index contributed by atoms with van der Waals surface area (Å²) in [4.78, 5) is 38.6. The van der Waals surface area contributed by atoms with Crippen molar-refractivity contribution in [1.29, 1.82) is 0 Å². The number of carbonyl (C=O) groups is 3. The standard InChI is InChI=1S/C14H17N3O3S/c18-12(7-10-3-6-21-9-10)16-4-1-11(2-5-16)17-13(19)8-15-14(17)20/h3,6,9,11H,1-2,4-5,7-8H2,(H,15,20). The quantitative estimate of drug-likeness (QED) is 0.841. The zero-order valence-electron chi connectivity index (χ0n) is 11.6. The Labute approximate surface area is 126 Å². The van der Waals surface area contributed by atoms with Crippen molar-refractivity contribution in [3.63, 3.8) is 0 Å². The molecule has 112 valence electrons. The fraction of sp³-hybridized carbons (Fsp3) is 0.500. The molecule has 6 nitrogen and oxygen atoms in total. The number of piperidine rings is 1. The predicted octanol–water partition coefficient (Wildman–Crippen LogP) is 0.833. The van der Waals surface area contributed by atoms with Crippen molar-refractivity contribution in [2.24, 2.45) is 0 Å². The molecule has 3 rings (SSSR count). The van der Waals surface area contributed by atoms with Gasteiger partial charge in [-0.1, -0.05) is 0 Å². The SMILES string of the molecule is O=C(Cc1ccsc1)N1CCC(N2C(=O)CNC2=O)CC1. The molecule has 0 bridgehead atoms. The number of amides is 4. The van der Waals surface area contributed by atoms with Gasteiger partial charge in [-0.25, -0.2) is 4.79 Å². The highest BCUT2D eigenvalue weighted by Crippen LogP contribution is 2.20. The molecule has 2 aliphatic rings. The molecule has 2 aliphatic heterocycles. The van der Waals surface area contributed by atoms with Gasteiger partial charge in [0, 0.05) is 19.1 Å². The number of hydrogen-bond donors (Lipinski definition) is 1. The van der Waals surface area contributed by atoms with Gasteiger partial charge in [0.2, 0.25) is 11.8 Å². The second kappa shape index (κ2) is 5.85. The van der Waals surface area contributed by atoms with Crippen LogP contribution in [0.5, 0.6) is 0 Å².